The number of likely N-dealkylation sites (tertiary alicyclic amines) is 1. The molecule has 0 N–H and O–H groups in total. The molecule has 2 saturated heterocycles. The molecule has 3 heterocycles. The van der Waals surface area contributed by atoms with E-state index in [2.05, 4.69) is 47.0 Å². The highest BCUT2D eigenvalue weighted by Crippen LogP contribution is 2.48. The molecule has 3 rings (SSSR count). The van der Waals surface area contributed by atoms with Crippen molar-refractivity contribution >= 4 is 26.3 Å². The van der Waals surface area contributed by atoms with Gasteiger partial charge in [0.2, 0.25) is 5.91 Å². The maximum Gasteiger partial charge on any atom is 0.410 e. The molecule has 8 nitrogen and oxygen atoms in total. The highest BCUT2D eigenvalue weighted by atomic mass is 28.4. The average Bonchev–Trinajstić information content (AvgIpc) is 3.06. The summed E-state index contributed by atoms with van der Waals surface area (Å²) in [4.78, 5) is 41.9. The standard InChI is InChI=1S/C26H40N2O6Si/c1-9-13-32-24(30)22-18(15-19-11-12-27(19)25(31)33-14-10-2)16-20-21(23(29)28(20)22)17(3)34-35(7,8)26(4,5)6/h9-10,17,19-21H,1-2,11-16H2,3-8H3/t17-,19?,20-,21-/m1/s1. The normalized spacial score (nSPS) is 24.9. The van der Waals surface area contributed by atoms with Crippen molar-refractivity contribution in [3.63, 3.8) is 0 Å². The number of carbonyl (C=O) groups is 3. The Hall–Kier alpha value is -2.39. The van der Waals surface area contributed by atoms with Crippen LogP contribution in [0.2, 0.25) is 18.1 Å². The molecule has 2 amide bonds. The van der Waals surface area contributed by atoms with Gasteiger partial charge in [-0.2, -0.15) is 0 Å². The zero-order chi connectivity index (χ0) is 26.1. The van der Waals surface area contributed by atoms with E-state index in [4.69, 9.17) is 13.9 Å². The fraction of sp³-hybridized carbons (Fsp3) is 0.654. The molecule has 0 spiro atoms. The molecule has 2 fully saturated rings. The first-order chi connectivity index (χ1) is 16.3. The summed E-state index contributed by atoms with van der Waals surface area (Å²) >= 11 is 0. The molecule has 3 aliphatic rings. The summed E-state index contributed by atoms with van der Waals surface area (Å²) in [6.45, 7) is 20.9. The number of ether oxygens (including phenoxy) is 2. The van der Waals surface area contributed by atoms with Crippen molar-refractivity contribution in [2.24, 2.45) is 5.92 Å². The van der Waals surface area contributed by atoms with Crippen LogP contribution in [0.15, 0.2) is 36.6 Å². The van der Waals surface area contributed by atoms with Crippen molar-refractivity contribution in [3.05, 3.63) is 36.6 Å². The molecule has 3 aliphatic heterocycles. The van der Waals surface area contributed by atoms with Crippen LogP contribution in [0.1, 0.15) is 47.0 Å². The summed E-state index contributed by atoms with van der Waals surface area (Å²) < 4.78 is 17.1. The summed E-state index contributed by atoms with van der Waals surface area (Å²) in [5.41, 5.74) is 1.18. The number of fused-ring (bicyclic) bond motifs is 1. The first-order valence-corrected chi connectivity index (χ1v) is 15.3. The Kier molecular flexibility index (Phi) is 8.01. The third-order valence-corrected chi connectivity index (χ3v) is 12.4. The summed E-state index contributed by atoms with van der Waals surface area (Å²) in [5, 5.41) is 0.0281. The van der Waals surface area contributed by atoms with E-state index >= 15 is 0 Å². The van der Waals surface area contributed by atoms with Gasteiger partial charge in [0.05, 0.1) is 18.1 Å². The molecule has 0 aromatic heterocycles. The van der Waals surface area contributed by atoms with Gasteiger partial charge in [0.15, 0.2) is 8.32 Å². The molecule has 0 saturated carbocycles. The van der Waals surface area contributed by atoms with Crippen molar-refractivity contribution in [1.29, 1.82) is 0 Å². The SMILES string of the molecule is C=CCOC(=O)C1=C(CC2CCN2C(=O)OCC=C)C[C@@H]2[C@@H]([C@@H](C)O[Si](C)(C)C(C)(C)C)C(=O)N12. The largest absolute Gasteiger partial charge is 0.457 e. The molecule has 0 aromatic carbocycles. The van der Waals surface area contributed by atoms with Crippen molar-refractivity contribution in [2.45, 2.75) is 83.3 Å². The van der Waals surface area contributed by atoms with Crippen LogP contribution >= 0.6 is 0 Å². The molecule has 0 aromatic rings. The van der Waals surface area contributed by atoms with Crippen molar-refractivity contribution in [1.82, 2.24) is 9.80 Å². The van der Waals surface area contributed by atoms with Crippen molar-refractivity contribution in [2.75, 3.05) is 19.8 Å². The molecular weight excluding hydrogens is 464 g/mol. The molecule has 4 atom stereocenters. The molecule has 35 heavy (non-hydrogen) atoms. The lowest BCUT2D eigenvalue weighted by molar-refractivity contribution is -0.161. The van der Waals surface area contributed by atoms with Crippen LogP contribution in [-0.4, -0.2) is 74.0 Å². The third-order valence-electron chi connectivity index (χ3n) is 7.80. The highest BCUT2D eigenvalue weighted by molar-refractivity contribution is 6.74. The highest BCUT2D eigenvalue weighted by Gasteiger charge is 2.58. The monoisotopic (exact) mass is 504 g/mol. The number of β-lactam (4-membered cyclic amide) rings is 1. The Morgan fingerprint density at radius 3 is 2.34 bits per heavy atom. The summed E-state index contributed by atoms with van der Waals surface area (Å²) in [6.07, 6.45) is 4.30. The Morgan fingerprint density at radius 1 is 1.17 bits per heavy atom. The van der Waals surface area contributed by atoms with Crippen LogP contribution in [0.25, 0.3) is 0 Å². The van der Waals surface area contributed by atoms with Crippen LogP contribution in [-0.2, 0) is 23.5 Å². The van der Waals surface area contributed by atoms with Gasteiger partial charge in [-0.05, 0) is 49.9 Å². The second-order valence-electron chi connectivity index (χ2n) is 11.1. The van der Waals surface area contributed by atoms with Crippen LogP contribution in [0.3, 0.4) is 0 Å². The van der Waals surface area contributed by atoms with Gasteiger partial charge in [0.25, 0.3) is 0 Å². The first-order valence-electron chi connectivity index (χ1n) is 12.4. The van der Waals surface area contributed by atoms with Gasteiger partial charge in [-0.15, -0.1) is 0 Å². The zero-order valence-electron chi connectivity index (χ0n) is 22.0. The van der Waals surface area contributed by atoms with Gasteiger partial charge in [0.1, 0.15) is 18.9 Å². The minimum absolute atomic E-state index is 0.0281. The fourth-order valence-corrected chi connectivity index (χ4v) is 6.26. The van der Waals surface area contributed by atoms with E-state index in [-0.39, 0.29) is 54.4 Å². The smallest absolute Gasteiger partial charge is 0.410 e. The third kappa shape index (κ3) is 5.26. The summed E-state index contributed by atoms with van der Waals surface area (Å²) in [5.74, 6) is -0.927. The van der Waals surface area contributed by atoms with Gasteiger partial charge < -0.3 is 23.7 Å². The van der Waals surface area contributed by atoms with Crippen LogP contribution < -0.4 is 0 Å². The summed E-state index contributed by atoms with van der Waals surface area (Å²) in [7, 11) is -2.07. The van der Waals surface area contributed by atoms with Crippen LogP contribution in [0.4, 0.5) is 4.79 Å². The van der Waals surface area contributed by atoms with Crippen LogP contribution in [0.5, 0.6) is 0 Å². The fourth-order valence-electron chi connectivity index (χ4n) is 4.83. The van der Waals surface area contributed by atoms with Gasteiger partial charge >= 0.3 is 12.1 Å². The van der Waals surface area contributed by atoms with Crippen molar-refractivity contribution < 1.29 is 28.3 Å². The van der Waals surface area contributed by atoms with Crippen molar-refractivity contribution in [3.8, 4) is 0 Å². The van der Waals surface area contributed by atoms with Gasteiger partial charge in [-0.3, -0.25) is 4.79 Å². The molecule has 0 radical (unpaired) electrons. The van der Waals surface area contributed by atoms with E-state index in [1.165, 1.54) is 12.2 Å². The topological polar surface area (TPSA) is 85.4 Å². The lowest BCUT2D eigenvalue weighted by atomic mass is 9.82. The first kappa shape index (κ1) is 27.2. The second-order valence-corrected chi connectivity index (χ2v) is 15.9. The number of hydrogen-bond donors (Lipinski definition) is 0. The van der Waals surface area contributed by atoms with Gasteiger partial charge in [-0.25, -0.2) is 9.59 Å². The number of amides is 2. The number of nitrogens with zero attached hydrogens (tertiary/aromatic N) is 2. The van der Waals surface area contributed by atoms with E-state index in [1.54, 1.807) is 9.80 Å². The predicted octanol–water partition coefficient (Wildman–Crippen LogP) is 4.40. The van der Waals surface area contributed by atoms with Gasteiger partial charge in [-0.1, -0.05) is 46.1 Å². The Bertz CT molecular complexity index is 921. The molecule has 0 bridgehead atoms. The number of esters is 1. The number of carbonyl (C=O) groups excluding carboxylic acids is 3. The minimum Gasteiger partial charge on any atom is -0.457 e. The molecular formula is C26H40N2O6Si. The second kappa shape index (κ2) is 10.3. The Morgan fingerprint density at radius 2 is 1.80 bits per heavy atom. The van der Waals surface area contributed by atoms with E-state index in [0.717, 1.165) is 12.0 Å². The lowest BCUT2D eigenvalue weighted by Gasteiger charge is -2.49. The number of hydrogen-bond acceptors (Lipinski definition) is 6. The molecule has 1 unspecified atom stereocenters. The Labute approximate surface area is 210 Å². The maximum atomic E-state index is 13.3. The molecule has 0 aliphatic carbocycles. The zero-order valence-corrected chi connectivity index (χ0v) is 23.0. The van der Waals surface area contributed by atoms with Crippen LogP contribution in [0, 0.1) is 5.92 Å². The van der Waals surface area contributed by atoms with E-state index in [1.807, 2.05) is 6.92 Å². The summed E-state index contributed by atoms with van der Waals surface area (Å²) in [6, 6.07) is -0.206. The maximum absolute atomic E-state index is 13.3. The number of rotatable bonds is 10. The predicted molar refractivity (Wildman–Crippen MR) is 136 cm³/mol. The molecule has 9 heteroatoms. The molecule has 194 valence electrons. The Balaban J connectivity index is 1.78. The minimum atomic E-state index is -2.07. The average molecular weight is 505 g/mol. The van der Waals surface area contributed by atoms with E-state index < -0.39 is 14.3 Å². The van der Waals surface area contributed by atoms with E-state index in [0.29, 0.717) is 25.1 Å². The lowest BCUT2D eigenvalue weighted by Crippen LogP contribution is -2.63. The van der Waals surface area contributed by atoms with Gasteiger partial charge in [0, 0.05) is 12.6 Å². The quantitative estimate of drug-likeness (QED) is 0.190. The van der Waals surface area contributed by atoms with E-state index in [9.17, 15) is 14.4 Å².